The van der Waals surface area contributed by atoms with Crippen molar-refractivity contribution >= 4 is 40.0 Å². The fourth-order valence-corrected chi connectivity index (χ4v) is 3.69. The number of nitrogens with zero attached hydrogens (tertiary/aromatic N) is 3. The van der Waals surface area contributed by atoms with Gasteiger partial charge in [-0.3, -0.25) is 0 Å². The summed E-state index contributed by atoms with van der Waals surface area (Å²) in [5.74, 6) is -1.04. The van der Waals surface area contributed by atoms with Crippen LogP contribution in [0.1, 0.15) is 15.5 Å². The summed E-state index contributed by atoms with van der Waals surface area (Å²) in [6, 6.07) is 9.04. The Labute approximate surface area is 122 Å². The second kappa shape index (κ2) is 5.18. The van der Waals surface area contributed by atoms with Gasteiger partial charge in [0.15, 0.2) is 4.34 Å². The van der Waals surface area contributed by atoms with Gasteiger partial charge in [-0.05, 0) is 19.1 Å². The monoisotopic (exact) mass is 303 g/mol. The van der Waals surface area contributed by atoms with Gasteiger partial charge in [-0.15, -0.1) is 10.2 Å². The lowest BCUT2D eigenvalue weighted by Gasteiger charge is -2.05. The number of pyridine rings is 1. The highest BCUT2D eigenvalue weighted by molar-refractivity contribution is 8.01. The molecule has 0 aliphatic rings. The summed E-state index contributed by atoms with van der Waals surface area (Å²) >= 11 is 2.89. The molecular formula is C13H9N3O2S2. The molecular weight excluding hydrogens is 294 g/mol. The lowest BCUT2D eigenvalue weighted by atomic mass is 10.2. The van der Waals surface area contributed by atoms with E-state index in [1.807, 2.05) is 25.1 Å². The fraction of sp³-hybridized carbons (Fsp3) is 0.0769. The molecule has 7 heteroatoms. The number of hydrogen-bond acceptors (Lipinski definition) is 6. The van der Waals surface area contributed by atoms with Crippen LogP contribution in [0.15, 0.2) is 39.6 Å². The van der Waals surface area contributed by atoms with Gasteiger partial charge in [-0.2, -0.15) is 0 Å². The van der Waals surface area contributed by atoms with E-state index in [0.29, 0.717) is 5.52 Å². The van der Waals surface area contributed by atoms with Gasteiger partial charge < -0.3 is 5.11 Å². The summed E-state index contributed by atoms with van der Waals surface area (Å²) in [4.78, 5) is 16.1. The minimum Gasteiger partial charge on any atom is -0.477 e. The molecule has 0 radical (unpaired) electrons. The van der Waals surface area contributed by atoms with Crippen LogP contribution in [-0.2, 0) is 0 Å². The Morgan fingerprint density at radius 2 is 2.10 bits per heavy atom. The summed E-state index contributed by atoms with van der Waals surface area (Å²) in [6.45, 7) is 1.88. The van der Waals surface area contributed by atoms with E-state index in [2.05, 4.69) is 15.2 Å². The number of aromatic nitrogens is 3. The SMILES string of the molecule is Cc1nnc(Sc2cc(C(=O)O)nc3ccccc23)s1. The molecule has 0 spiro atoms. The molecule has 20 heavy (non-hydrogen) atoms. The van der Waals surface area contributed by atoms with Gasteiger partial charge in [0.1, 0.15) is 10.7 Å². The van der Waals surface area contributed by atoms with E-state index in [0.717, 1.165) is 19.6 Å². The van der Waals surface area contributed by atoms with E-state index in [1.54, 1.807) is 12.1 Å². The highest BCUT2D eigenvalue weighted by atomic mass is 32.2. The first-order valence-corrected chi connectivity index (χ1v) is 7.38. The molecule has 100 valence electrons. The minimum atomic E-state index is -1.04. The quantitative estimate of drug-likeness (QED) is 0.800. The van der Waals surface area contributed by atoms with Gasteiger partial charge in [-0.25, -0.2) is 9.78 Å². The number of carboxylic acids is 1. The Kier molecular flexibility index (Phi) is 3.37. The van der Waals surface area contributed by atoms with Crippen LogP contribution in [0.2, 0.25) is 0 Å². The average molecular weight is 303 g/mol. The second-order valence-electron chi connectivity index (χ2n) is 4.02. The van der Waals surface area contributed by atoms with Crippen LogP contribution in [0.4, 0.5) is 0 Å². The smallest absolute Gasteiger partial charge is 0.354 e. The molecule has 0 atom stereocenters. The van der Waals surface area contributed by atoms with Gasteiger partial charge in [0, 0.05) is 10.3 Å². The predicted octanol–water partition coefficient (Wildman–Crippen LogP) is 3.24. The zero-order valence-electron chi connectivity index (χ0n) is 10.4. The first kappa shape index (κ1) is 13.0. The normalized spacial score (nSPS) is 10.8. The van der Waals surface area contributed by atoms with Crippen LogP contribution in [0.3, 0.4) is 0 Å². The van der Waals surface area contributed by atoms with E-state index in [9.17, 15) is 4.79 Å². The van der Waals surface area contributed by atoms with Gasteiger partial charge in [-0.1, -0.05) is 41.3 Å². The van der Waals surface area contributed by atoms with Crippen LogP contribution in [0.5, 0.6) is 0 Å². The van der Waals surface area contributed by atoms with Crippen molar-refractivity contribution in [2.75, 3.05) is 0 Å². The average Bonchev–Trinajstić information content (AvgIpc) is 2.84. The van der Waals surface area contributed by atoms with E-state index >= 15 is 0 Å². The Morgan fingerprint density at radius 3 is 2.80 bits per heavy atom. The molecule has 1 N–H and O–H groups in total. The van der Waals surface area contributed by atoms with Crippen molar-refractivity contribution in [3.05, 3.63) is 41.0 Å². The molecule has 0 amide bonds. The fourth-order valence-electron chi connectivity index (χ4n) is 1.75. The standard InChI is InChI=1S/C13H9N3O2S2/c1-7-15-16-13(19-7)20-11-6-10(12(17)18)14-9-5-3-2-4-8(9)11/h2-6H,1H3,(H,17,18). The van der Waals surface area contributed by atoms with Crippen molar-refractivity contribution in [2.24, 2.45) is 0 Å². The Balaban J connectivity index is 2.14. The number of rotatable bonds is 3. The molecule has 3 aromatic rings. The van der Waals surface area contributed by atoms with E-state index in [-0.39, 0.29) is 5.69 Å². The lowest BCUT2D eigenvalue weighted by Crippen LogP contribution is -2.00. The maximum absolute atomic E-state index is 11.2. The highest BCUT2D eigenvalue weighted by Crippen LogP contribution is 2.34. The van der Waals surface area contributed by atoms with Crippen LogP contribution < -0.4 is 0 Å². The van der Waals surface area contributed by atoms with Crippen LogP contribution in [0.25, 0.3) is 10.9 Å². The molecule has 0 saturated heterocycles. The second-order valence-corrected chi connectivity index (χ2v) is 6.49. The zero-order valence-corrected chi connectivity index (χ0v) is 12.0. The molecule has 0 unspecified atom stereocenters. The third-order valence-electron chi connectivity index (χ3n) is 2.60. The van der Waals surface area contributed by atoms with Crippen molar-refractivity contribution in [2.45, 2.75) is 16.2 Å². The molecule has 0 bridgehead atoms. The summed E-state index contributed by atoms with van der Waals surface area (Å²) in [5.41, 5.74) is 0.698. The van der Waals surface area contributed by atoms with E-state index in [1.165, 1.54) is 23.1 Å². The highest BCUT2D eigenvalue weighted by Gasteiger charge is 2.13. The molecule has 0 fully saturated rings. The molecule has 3 rings (SSSR count). The van der Waals surface area contributed by atoms with Crippen molar-refractivity contribution in [1.29, 1.82) is 0 Å². The molecule has 0 aliphatic carbocycles. The molecule has 0 saturated carbocycles. The topological polar surface area (TPSA) is 76.0 Å². The zero-order chi connectivity index (χ0) is 14.1. The number of para-hydroxylation sites is 1. The van der Waals surface area contributed by atoms with E-state index < -0.39 is 5.97 Å². The molecule has 0 aliphatic heterocycles. The van der Waals surface area contributed by atoms with Crippen LogP contribution in [-0.4, -0.2) is 26.3 Å². The number of benzene rings is 1. The van der Waals surface area contributed by atoms with Gasteiger partial charge in [0.2, 0.25) is 0 Å². The first-order chi connectivity index (χ1) is 9.63. The number of hydrogen-bond donors (Lipinski definition) is 1. The maximum Gasteiger partial charge on any atom is 0.354 e. The van der Waals surface area contributed by atoms with Crippen molar-refractivity contribution < 1.29 is 9.90 Å². The number of fused-ring (bicyclic) bond motifs is 1. The summed E-state index contributed by atoms with van der Waals surface area (Å²) in [7, 11) is 0. The maximum atomic E-state index is 11.2. The lowest BCUT2D eigenvalue weighted by molar-refractivity contribution is 0.0690. The summed E-state index contributed by atoms with van der Waals surface area (Å²) < 4.78 is 0.787. The molecule has 1 aromatic carbocycles. The van der Waals surface area contributed by atoms with Crippen molar-refractivity contribution in [3.8, 4) is 0 Å². The predicted molar refractivity (Wildman–Crippen MR) is 77.5 cm³/mol. The molecule has 2 heterocycles. The molecule has 2 aromatic heterocycles. The minimum absolute atomic E-state index is 0.0347. The third-order valence-corrected chi connectivity index (χ3v) is 4.55. The number of aryl methyl sites for hydroxylation is 1. The van der Waals surface area contributed by atoms with Gasteiger partial charge in [0.05, 0.1) is 5.52 Å². The number of carboxylic acid groups (broad SMARTS) is 1. The Hall–Kier alpha value is -1.99. The van der Waals surface area contributed by atoms with Gasteiger partial charge in [0.25, 0.3) is 0 Å². The van der Waals surface area contributed by atoms with Crippen molar-refractivity contribution in [1.82, 2.24) is 15.2 Å². The van der Waals surface area contributed by atoms with E-state index in [4.69, 9.17) is 5.11 Å². The van der Waals surface area contributed by atoms with Crippen molar-refractivity contribution in [3.63, 3.8) is 0 Å². The molecule has 5 nitrogen and oxygen atoms in total. The van der Waals surface area contributed by atoms with Crippen LogP contribution in [0, 0.1) is 6.92 Å². The Bertz CT molecular complexity index is 801. The van der Waals surface area contributed by atoms with Gasteiger partial charge >= 0.3 is 5.97 Å². The third kappa shape index (κ3) is 2.50. The first-order valence-electron chi connectivity index (χ1n) is 5.74. The largest absolute Gasteiger partial charge is 0.477 e. The number of aromatic carboxylic acids is 1. The summed E-state index contributed by atoms with van der Waals surface area (Å²) in [5, 5.41) is 19.0. The number of carbonyl (C=O) groups is 1. The van der Waals surface area contributed by atoms with Crippen LogP contribution >= 0.6 is 23.1 Å². The Morgan fingerprint density at radius 1 is 1.30 bits per heavy atom. The summed E-state index contributed by atoms with van der Waals surface area (Å²) in [6.07, 6.45) is 0.